The first-order chi connectivity index (χ1) is 11.4. The van der Waals surface area contributed by atoms with Crippen LogP contribution in [0.25, 0.3) is 0 Å². The third kappa shape index (κ3) is 3.29. The fraction of sp³-hybridized carbons (Fsp3) is 0.500. The molecule has 0 aliphatic heterocycles. The van der Waals surface area contributed by atoms with E-state index < -0.39 is 0 Å². The maximum absolute atomic E-state index is 12.7. The Balaban J connectivity index is 1.84. The molecule has 1 aliphatic rings. The number of hydrogen-bond acceptors (Lipinski definition) is 4. The molecule has 3 rings (SSSR count). The van der Waals surface area contributed by atoms with Crippen LogP contribution >= 0.6 is 11.3 Å². The van der Waals surface area contributed by atoms with Crippen LogP contribution < -0.4 is 5.56 Å². The quantitative estimate of drug-likeness (QED) is 0.837. The lowest BCUT2D eigenvalue weighted by Crippen LogP contribution is -2.40. The Morgan fingerprint density at radius 1 is 1.46 bits per heavy atom. The smallest absolute Gasteiger partial charge is 0.263 e. The van der Waals surface area contributed by atoms with Gasteiger partial charge < -0.3 is 9.47 Å². The predicted octanol–water partition coefficient (Wildman–Crippen LogP) is 2.84. The van der Waals surface area contributed by atoms with E-state index in [2.05, 4.69) is 11.9 Å². The predicted molar refractivity (Wildman–Crippen MR) is 95.7 cm³/mol. The molecule has 2 heterocycles. The Bertz CT molecular complexity index is 800. The van der Waals surface area contributed by atoms with Gasteiger partial charge in [-0.15, -0.1) is 11.3 Å². The summed E-state index contributed by atoms with van der Waals surface area (Å²) in [6.07, 6.45) is 4.05. The van der Waals surface area contributed by atoms with Gasteiger partial charge in [-0.2, -0.15) is 0 Å². The summed E-state index contributed by atoms with van der Waals surface area (Å²) in [5.74, 6) is 0.381. The molecule has 6 heteroatoms. The molecule has 1 atom stereocenters. The van der Waals surface area contributed by atoms with E-state index in [1.165, 1.54) is 12.8 Å². The summed E-state index contributed by atoms with van der Waals surface area (Å²) in [5, 5.41) is 0.886. The number of pyridine rings is 1. The fourth-order valence-corrected chi connectivity index (χ4v) is 3.78. The van der Waals surface area contributed by atoms with E-state index >= 15 is 0 Å². The van der Waals surface area contributed by atoms with Gasteiger partial charge in [0.2, 0.25) is 0 Å². The van der Waals surface area contributed by atoms with Gasteiger partial charge in [-0.3, -0.25) is 9.59 Å². The van der Waals surface area contributed by atoms with E-state index in [-0.39, 0.29) is 23.1 Å². The number of amides is 1. The first-order valence-corrected chi connectivity index (χ1v) is 9.09. The van der Waals surface area contributed by atoms with Gasteiger partial charge in [0.1, 0.15) is 10.6 Å². The summed E-state index contributed by atoms with van der Waals surface area (Å²) >= 11 is 1.59. The summed E-state index contributed by atoms with van der Waals surface area (Å²) in [4.78, 5) is 32.8. The minimum Gasteiger partial charge on any atom is -0.339 e. The Morgan fingerprint density at radius 3 is 2.75 bits per heavy atom. The average molecular weight is 345 g/mol. The van der Waals surface area contributed by atoms with E-state index in [1.807, 2.05) is 13.8 Å². The number of hydrogen-bond donors (Lipinski definition) is 0. The van der Waals surface area contributed by atoms with Crippen molar-refractivity contribution in [1.29, 1.82) is 0 Å². The van der Waals surface area contributed by atoms with Crippen molar-refractivity contribution in [2.24, 2.45) is 5.92 Å². The van der Waals surface area contributed by atoms with Crippen LogP contribution in [0.3, 0.4) is 0 Å². The van der Waals surface area contributed by atoms with Crippen molar-refractivity contribution in [3.63, 3.8) is 0 Å². The van der Waals surface area contributed by atoms with Crippen molar-refractivity contribution in [3.8, 4) is 0 Å². The van der Waals surface area contributed by atoms with Crippen molar-refractivity contribution in [2.75, 3.05) is 7.05 Å². The zero-order chi connectivity index (χ0) is 17.4. The normalized spacial score (nSPS) is 15.3. The molecule has 0 aromatic carbocycles. The molecular weight excluding hydrogens is 322 g/mol. The summed E-state index contributed by atoms with van der Waals surface area (Å²) < 4.78 is 1.57. The lowest BCUT2D eigenvalue weighted by molar-refractivity contribution is 0.0725. The van der Waals surface area contributed by atoms with Crippen LogP contribution in [-0.4, -0.2) is 33.4 Å². The topological polar surface area (TPSA) is 55.2 Å². The van der Waals surface area contributed by atoms with E-state index in [1.54, 1.807) is 46.2 Å². The molecule has 0 N–H and O–H groups in total. The largest absolute Gasteiger partial charge is 0.339 e. The van der Waals surface area contributed by atoms with Crippen molar-refractivity contribution in [2.45, 2.75) is 46.2 Å². The van der Waals surface area contributed by atoms with Crippen LogP contribution in [0, 0.1) is 19.8 Å². The van der Waals surface area contributed by atoms with Crippen LogP contribution in [0.4, 0.5) is 0 Å². The first-order valence-electron chi connectivity index (χ1n) is 8.28. The first kappa shape index (κ1) is 16.9. The van der Waals surface area contributed by atoms with Crippen LogP contribution in [0.1, 0.15) is 45.7 Å². The second kappa shape index (κ2) is 6.51. The summed E-state index contributed by atoms with van der Waals surface area (Å²) in [6.45, 7) is 6.44. The number of aryl methyl sites for hydroxylation is 2. The Morgan fingerprint density at radius 2 is 2.17 bits per heavy atom. The van der Waals surface area contributed by atoms with Gasteiger partial charge in [0.25, 0.3) is 11.5 Å². The highest BCUT2D eigenvalue weighted by Crippen LogP contribution is 2.34. The molecule has 2 aromatic heterocycles. The summed E-state index contributed by atoms with van der Waals surface area (Å²) in [6, 6.07) is 3.56. The van der Waals surface area contributed by atoms with Crippen LogP contribution in [0.2, 0.25) is 0 Å². The lowest BCUT2D eigenvalue weighted by Gasteiger charge is -2.24. The van der Waals surface area contributed by atoms with E-state index in [9.17, 15) is 9.59 Å². The van der Waals surface area contributed by atoms with E-state index in [0.29, 0.717) is 12.5 Å². The molecule has 1 unspecified atom stereocenters. The maximum atomic E-state index is 12.7. The third-order valence-corrected chi connectivity index (χ3v) is 5.92. The Hall–Kier alpha value is -1.95. The number of thiazole rings is 1. The van der Waals surface area contributed by atoms with Crippen molar-refractivity contribution in [3.05, 3.63) is 49.8 Å². The molecule has 1 fully saturated rings. The molecule has 128 valence electrons. The van der Waals surface area contributed by atoms with E-state index in [4.69, 9.17) is 0 Å². The molecule has 5 nitrogen and oxygen atoms in total. The monoisotopic (exact) mass is 345 g/mol. The Kier molecular flexibility index (Phi) is 4.58. The lowest BCUT2D eigenvalue weighted by atomic mass is 10.1. The minimum absolute atomic E-state index is 0.176. The minimum atomic E-state index is -0.247. The molecule has 0 saturated heterocycles. The molecule has 0 radical (unpaired) electrons. The second-order valence-electron chi connectivity index (χ2n) is 6.60. The number of aromatic nitrogens is 2. The fourth-order valence-electron chi connectivity index (χ4n) is 2.85. The van der Waals surface area contributed by atoms with Gasteiger partial charge >= 0.3 is 0 Å². The van der Waals surface area contributed by atoms with Crippen LogP contribution in [-0.2, 0) is 6.54 Å². The standard InChI is InChI=1S/C18H23N3O2S/c1-11-13(3)24-16(19-11)10-21-9-5-6-15(18(21)23)17(22)20(4)12(2)14-7-8-14/h5-6,9,12,14H,7-8,10H2,1-4H3. The van der Waals surface area contributed by atoms with Gasteiger partial charge in [0.05, 0.1) is 12.2 Å². The Labute approximate surface area is 146 Å². The van der Waals surface area contributed by atoms with Gasteiger partial charge in [0, 0.05) is 24.2 Å². The molecule has 0 bridgehead atoms. The van der Waals surface area contributed by atoms with Crippen LogP contribution in [0.5, 0.6) is 0 Å². The zero-order valence-electron chi connectivity index (χ0n) is 14.6. The molecule has 2 aromatic rings. The number of carbonyl (C=O) groups excluding carboxylic acids is 1. The van der Waals surface area contributed by atoms with Gasteiger partial charge in [0.15, 0.2) is 0 Å². The number of carbonyl (C=O) groups is 1. The highest BCUT2D eigenvalue weighted by molar-refractivity contribution is 7.11. The molecule has 1 aliphatic carbocycles. The highest BCUT2D eigenvalue weighted by atomic mass is 32.1. The molecule has 24 heavy (non-hydrogen) atoms. The molecule has 1 amide bonds. The summed E-state index contributed by atoms with van der Waals surface area (Å²) in [5.41, 5.74) is 0.980. The van der Waals surface area contributed by atoms with Gasteiger partial charge in [-0.25, -0.2) is 4.98 Å². The second-order valence-corrected chi connectivity index (χ2v) is 7.89. The van der Waals surface area contributed by atoms with Gasteiger partial charge in [-0.05, 0) is 51.7 Å². The zero-order valence-corrected chi connectivity index (χ0v) is 15.4. The maximum Gasteiger partial charge on any atom is 0.263 e. The third-order valence-electron chi connectivity index (χ3n) is 4.86. The molecule has 1 saturated carbocycles. The molecule has 0 spiro atoms. The van der Waals surface area contributed by atoms with Gasteiger partial charge in [-0.1, -0.05) is 0 Å². The highest BCUT2D eigenvalue weighted by Gasteiger charge is 2.33. The van der Waals surface area contributed by atoms with Crippen molar-refractivity contribution < 1.29 is 4.79 Å². The number of rotatable bonds is 5. The van der Waals surface area contributed by atoms with Crippen LogP contribution in [0.15, 0.2) is 23.1 Å². The summed E-state index contributed by atoms with van der Waals surface area (Å²) in [7, 11) is 1.79. The SMILES string of the molecule is Cc1nc(Cn2cccc(C(=O)N(C)C(C)C3CC3)c2=O)sc1C. The van der Waals surface area contributed by atoms with Crippen molar-refractivity contribution >= 4 is 17.2 Å². The van der Waals surface area contributed by atoms with Crippen molar-refractivity contribution in [1.82, 2.24) is 14.5 Å². The van der Waals surface area contributed by atoms with E-state index in [0.717, 1.165) is 15.6 Å². The molecular formula is C18H23N3O2S. The number of nitrogens with zero attached hydrogens (tertiary/aromatic N) is 3. The average Bonchev–Trinajstić information content (AvgIpc) is 3.34.